The van der Waals surface area contributed by atoms with Gasteiger partial charge in [-0.2, -0.15) is 5.10 Å². The number of carbonyl (C=O) groups excluding carboxylic acids is 2. The lowest BCUT2D eigenvalue weighted by molar-refractivity contribution is -0.120. The average molecular weight is 493 g/mol. The van der Waals surface area contributed by atoms with Crippen LogP contribution < -0.4 is 15.5 Å². The highest BCUT2D eigenvalue weighted by atomic mass is 16.2. The Morgan fingerprint density at radius 2 is 1.86 bits per heavy atom. The minimum Gasteiger partial charge on any atom is -0.360 e. The zero-order chi connectivity index (χ0) is 25.5. The van der Waals surface area contributed by atoms with E-state index in [2.05, 4.69) is 27.8 Å². The molecule has 37 heavy (non-hydrogen) atoms. The first-order valence-electron chi connectivity index (χ1n) is 12.2. The van der Waals surface area contributed by atoms with Crippen LogP contribution in [0, 0.1) is 0 Å². The molecule has 4 aromatic rings. The molecule has 0 bridgehead atoms. The summed E-state index contributed by atoms with van der Waals surface area (Å²) in [5, 5.41) is 10.5. The fourth-order valence-electron chi connectivity index (χ4n) is 4.23. The van der Waals surface area contributed by atoms with Crippen molar-refractivity contribution in [1.82, 2.24) is 25.4 Å². The summed E-state index contributed by atoms with van der Waals surface area (Å²) in [5.41, 5.74) is 5.63. The fourth-order valence-corrected chi connectivity index (χ4v) is 4.23. The van der Waals surface area contributed by atoms with Crippen molar-refractivity contribution in [2.45, 2.75) is 13.1 Å². The Morgan fingerprint density at radius 1 is 1.03 bits per heavy atom. The number of pyridine rings is 1. The van der Waals surface area contributed by atoms with E-state index in [-0.39, 0.29) is 11.8 Å². The Hall–Kier alpha value is -4.72. The number of aromatic nitrogens is 3. The van der Waals surface area contributed by atoms with Crippen LogP contribution in [0.5, 0.6) is 0 Å². The van der Waals surface area contributed by atoms with Crippen LogP contribution in [0.15, 0.2) is 91.4 Å². The van der Waals surface area contributed by atoms with Crippen LogP contribution >= 0.6 is 0 Å². The van der Waals surface area contributed by atoms with Gasteiger partial charge in [0.25, 0.3) is 0 Å². The minimum absolute atomic E-state index is 0.0340. The minimum atomic E-state index is -0.190. The van der Waals surface area contributed by atoms with Gasteiger partial charge in [0.05, 0.1) is 13.1 Å². The first-order chi connectivity index (χ1) is 18.1. The highest BCUT2D eigenvalue weighted by molar-refractivity contribution is 5.92. The quantitative estimate of drug-likeness (QED) is 0.369. The van der Waals surface area contributed by atoms with Gasteiger partial charge in [-0.25, -0.2) is 0 Å². The third kappa shape index (κ3) is 6.29. The standard InChI is InChI=1S/C29H28N6O2/c36-27(32-17-22-8-11-26(12-9-22)34-16-15-31-28(37)21-34)13-10-25-20-35(19-23-5-2-1-3-6-23)33-29(25)24-7-4-14-30-18-24/h1-14,18,20H,15-17,19,21H2,(H,31,37)(H,32,36). The van der Waals surface area contributed by atoms with Gasteiger partial charge in [0.2, 0.25) is 11.8 Å². The van der Waals surface area contributed by atoms with E-state index in [1.165, 1.54) is 6.08 Å². The molecule has 0 spiro atoms. The maximum atomic E-state index is 12.6. The van der Waals surface area contributed by atoms with Gasteiger partial charge in [0.15, 0.2) is 0 Å². The first kappa shape index (κ1) is 24.0. The second kappa shape index (κ2) is 11.3. The topological polar surface area (TPSA) is 92.2 Å². The van der Waals surface area contributed by atoms with E-state index >= 15 is 0 Å². The summed E-state index contributed by atoms with van der Waals surface area (Å²) in [6.45, 7) is 2.84. The second-order valence-corrected chi connectivity index (χ2v) is 8.85. The summed E-state index contributed by atoms with van der Waals surface area (Å²) in [4.78, 5) is 30.5. The van der Waals surface area contributed by atoms with Crippen LogP contribution in [0.1, 0.15) is 16.7 Å². The van der Waals surface area contributed by atoms with Crippen molar-refractivity contribution in [3.63, 3.8) is 0 Å². The molecule has 2 aromatic carbocycles. The van der Waals surface area contributed by atoms with E-state index in [9.17, 15) is 9.59 Å². The van der Waals surface area contributed by atoms with Crippen molar-refractivity contribution < 1.29 is 9.59 Å². The van der Waals surface area contributed by atoms with E-state index < -0.39 is 0 Å². The van der Waals surface area contributed by atoms with Crippen LogP contribution in [0.25, 0.3) is 17.3 Å². The van der Waals surface area contributed by atoms with Crippen LogP contribution in [0.2, 0.25) is 0 Å². The van der Waals surface area contributed by atoms with Gasteiger partial charge >= 0.3 is 0 Å². The smallest absolute Gasteiger partial charge is 0.244 e. The average Bonchev–Trinajstić information content (AvgIpc) is 3.34. The molecule has 3 heterocycles. The van der Waals surface area contributed by atoms with Gasteiger partial charge in [-0.05, 0) is 41.5 Å². The first-order valence-corrected chi connectivity index (χ1v) is 12.2. The van der Waals surface area contributed by atoms with Crippen LogP contribution in [-0.2, 0) is 22.7 Å². The van der Waals surface area contributed by atoms with E-state index in [0.29, 0.717) is 26.2 Å². The number of benzene rings is 2. The summed E-state index contributed by atoms with van der Waals surface area (Å²) in [6, 6.07) is 21.9. The van der Waals surface area contributed by atoms with Crippen molar-refractivity contribution in [3.8, 4) is 11.3 Å². The second-order valence-electron chi connectivity index (χ2n) is 8.85. The molecule has 1 fully saturated rings. The molecule has 8 heteroatoms. The van der Waals surface area contributed by atoms with E-state index in [0.717, 1.165) is 40.2 Å². The molecule has 2 aromatic heterocycles. The molecule has 0 atom stereocenters. The van der Waals surface area contributed by atoms with Crippen molar-refractivity contribution >= 4 is 23.6 Å². The Bertz CT molecular complexity index is 1380. The lowest BCUT2D eigenvalue weighted by Gasteiger charge is -2.28. The third-order valence-corrected chi connectivity index (χ3v) is 6.13. The molecule has 1 aliphatic rings. The van der Waals surface area contributed by atoms with Crippen molar-refractivity contribution in [2.24, 2.45) is 0 Å². The molecule has 1 saturated heterocycles. The van der Waals surface area contributed by atoms with Crippen LogP contribution in [-0.4, -0.2) is 46.2 Å². The largest absolute Gasteiger partial charge is 0.360 e. The Kier molecular flexibility index (Phi) is 7.36. The predicted octanol–water partition coefficient (Wildman–Crippen LogP) is 3.26. The fraction of sp³-hybridized carbons (Fsp3) is 0.172. The number of hydrogen-bond acceptors (Lipinski definition) is 5. The predicted molar refractivity (Wildman–Crippen MR) is 144 cm³/mol. The summed E-state index contributed by atoms with van der Waals surface area (Å²) in [6.07, 6.45) is 8.76. The van der Waals surface area contributed by atoms with Gasteiger partial charge in [-0.1, -0.05) is 42.5 Å². The zero-order valence-corrected chi connectivity index (χ0v) is 20.4. The molecule has 2 N–H and O–H groups in total. The Labute approximate surface area is 215 Å². The molecule has 186 valence electrons. The van der Waals surface area contributed by atoms with E-state index in [1.807, 2.05) is 70.4 Å². The van der Waals surface area contributed by atoms with Crippen molar-refractivity contribution in [3.05, 3.63) is 108 Å². The van der Waals surface area contributed by atoms with Crippen LogP contribution in [0.3, 0.4) is 0 Å². The molecule has 0 unspecified atom stereocenters. The number of hydrogen-bond donors (Lipinski definition) is 2. The van der Waals surface area contributed by atoms with Gasteiger partial charge < -0.3 is 15.5 Å². The number of anilines is 1. The van der Waals surface area contributed by atoms with E-state index in [1.54, 1.807) is 18.5 Å². The Morgan fingerprint density at radius 3 is 2.62 bits per heavy atom. The number of amides is 2. The number of carbonyl (C=O) groups is 2. The lowest BCUT2D eigenvalue weighted by Crippen LogP contribution is -2.47. The highest BCUT2D eigenvalue weighted by Gasteiger charge is 2.16. The van der Waals surface area contributed by atoms with Gasteiger partial charge in [-0.3, -0.25) is 19.3 Å². The maximum Gasteiger partial charge on any atom is 0.244 e. The SMILES string of the molecule is O=C(C=Cc1cn(Cc2ccccc2)nc1-c1cccnc1)NCc1ccc(N2CCNC(=O)C2)cc1. The number of piperazine rings is 1. The number of nitrogens with zero attached hydrogens (tertiary/aromatic N) is 4. The molecule has 8 nitrogen and oxygen atoms in total. The zero-order valence-electron chi connectivity index (χ0n) is 20.4. The van der Waals surface area contributed by atoms with Gasteiger partial charge in [-0.15, -0.1) is 0 Å². The summed E-state index contributed by atoms with van der Waals surface area (Å²) < 4.78 is 1.88. The summed E-state index contributed by atoms with van der Waals surface area (Å²) in [5.74, 6) is -0.156. The molecular formula is C29H28N6O2. The van der Waals surface area contributed by atoms with Crippen LogP contribution in [0.4, 0.5) is 5.69 Å². The highest BCUT2D eigenvalue weighted by Crippen LogP contribution is 2.23. The molecule has 0 aliphatic carbocycles. The summed E-state index contributed by atoms with van der Waals surface area (Å²) in [7, 11) is 0. The molecule has 1 aliphatic heterocycles. The lowest BCUT2D eigenvalue weighted by atomic mass is 10.1. The molecule has 0 saturated carbocycles. The van der Waals surface area contributed by atoms with Crippen molar-refractivity contribution in [1.29, 1.82) is 0 Å². The Balaban J connectivity index is 1.24. The number of nitrogens with one attached hydrogen (secondary N) is 2. The maximum absolute atomic E-state index is 12.6. The normalized spacial score (nSPS) is 13.5. The number of rotatable bonds is 8. The molecule has 5 rings (SSSR count). The van der Waals surface area contributed by atoms with Gasteiger partial charge in [0.1, 0.15) is 5.69 Å². The molecule has 0 radical (unpaired) electrons. The third-order valence-electron chi connectivity index (χ3n) is 6.13. The van der Waals surface area contributed by atoms with Crippen molar-refractivity contribution in [2.75, 3.05) is 24.5 Å². The monoisotopic (exact) mass is 492 g/mol. The summed E-state index contributed by atoms with van der Waals surface area (Å²) >= 11 is 0. The molecular weight excluding hydrogens is 464 g/mol. The molecule has 2 amide bonds. The van der Waals surface area contributed by atoms with Gasteiger partial charge in [0, 0.05) is 61.1 Å². The van der Waals surface area contributed by atoms with E-state index in [4.69, 9.17) is 5.10 Å².